The Kier molecular flexibility index (Phi) is 3.85. The van der Waals surface area contributed by atoms with Gasteiger partial charge in [-0.1, -0.05) is 36.4 Å². The predicted molar refractivity (Wildman–Crippen MR) is 93.1 cm³/mol. The van der Waals surface area contributed by atoms with E-state index in [1.165, 1.54) is 11.1 Å². The minimum atomic E-state index is -0.193. The molecule has 4 rings (SSSR count). The molecule has 1 aromatic heterocycles. The van der Waals surface area contributed by atoms with Crippen molar-refractivity contribution in [3.63, 3.8) is 0 Å². The van der Waals surface area contributed by atoms with E-state index >= 15 is 0 Å². The second-order valence-electron chi connectivity index (χ2n) is 7.02. The quantitative estimate of drug-likeness (QED) is 0.816. The summed E-state index contributed by atoms with van der Waals surface area (Å²) in [7, 11) is 1.94. The zero-order chi connectivity index (χ0) is 16.6. The molecule has 1 spiro atoms. The highest BCUT2D eigenvalue weighted by Crippen LogP contribution is 2.55. The number of piperidine rings is 1. The Balaban J connectivity index is 1.48. The molecule has 1 atom stereocenters. The van der Waals surface area contributed by atoms with Crippen LogP contribution in [0, 0.1) is 5.41 Å². The summed E-state index contributed by atoms with van der Waals surface area (Å²) < 4.78 is 0. The molecule has 3 heterocycles. The first-order chi connectivity index (χ1) is 11.7. The standard InChI is InChI=1S/C20H23N3O/c1-22-18(17-7-3-2-4-8-17)20(19(22)24)9-12-23(13-10-20)15-16-6-5-11-21-14-16/h2-8,11,14,18H,9-10,12-13,15H2,1H3/t18-/m1/s1. The monoisotopic (exact) mass is 321 g/mol. The summed E-state index contributed by atoms with van der Waals surface area (Å²) in [5.74, 6) is 0.317. The van der Waals surface area contributed by atoms with Crippen LogP contribution in [0.2, 0.25) is 0 Å². The molecule has 2 aliphatic rings. The van der Waals surface area contributed by atoms with Crippen molar-refractivity contribution in [1.82, 2.24) is 14.8 Å². The molecule has 0 radical (unpaired) electrons. The summed E-state index contributed by atoms with van der Waals surface area (Å²) in [6, 6.07) is 14.8. The number of hydrogen-bond donors (Lipinski definition) is 0. The van der Waals surface area contributed by atoms with Gasteiger partial charge in [-0.25, -0.2) is 0 Å². The average Bonchev–Trinajstić information content (AvgIpc) is 2.64. The van der Waals surface area contributed by atoms with Gasteiger partial charge in [-0.3, -0.25) is 14.7 Å². The second kappa shape index (κ2) is 6.02. The Hall–Kier alpha value is -2.20. The van der Waals surface area contributed by atoms with Gasteiger partial charge in [0.1, 0.15) is 0 Å². The van der Waals surface area contributed by atoms with E-state index in [1.54, 1.807) is 0 Å². The van der Waals surface area contributed by atoms with E-state index in [4.69, 9.17) is 0 Å². The highest BCUT2D eigenvalue weighted by molar-refractivity contribution is 5.90. The molecule has 2 aromatic rings. The van der Waals surface area contributed by atoms with Gasteiger partial charge in [-0.2, -0.15) is 0 Å². The molecule has 2 saturated heterocycles. The molecular formula is C20H23N3O. The maximum atomic E-state index is 12.7. The van der Waals surface area contributed by atoms with Crippen LogP contribution in [0.25, 0.3) is 0 Å². The van der Waals surface area contributed by atoms with Crippen LogP contribution in [0.4, 0.5) is 0 Å². The fraction of sp³-hybridized carbons (Fsp3) is 0.400. The summed E-state index contributed by atoms with van der Waals surface area (Å²) in [5.41, 5.74) is 2.31. The van der Waals surface area contributed by atoms with Crippen LogP contribution >= 0.6 is 0 Å². The summed E-state index contributed by atoms with van der Waals surface area (Å²) >= 11 is 0. The third-order valence-electron chi connectivity index (χ3n) is 5.65. The number of nitrogens with zero attached hydrogens (tertiary/aromatic N) is 3. The van der Waals surface area contributed by atoms with Crippen LogP contribution in [0.1, 0.15) is 30.0 Å². The van der Waals surface area contributed by atoms with Crippen LogP contribution in [-0.2, 0) is 11.3 Å². The summed E-state index contributed by atoms with van der Waals surface area (Å²) in [5, 5.41) is 0. The number of β-lactam (4-membered cyclic amide) rings is 1. The normalized spacial score (nSPS) is 23.3. The third-order valence-corrected chi connectivity index (χ3v) is 5.65. The van der Waals surface area contributed by atoms with Crippen molar-refractivity contribution in [1.29, 1.82) is 0 Å². The first kappa shape index (κ1) is 15.3. The number of carbonyl (C=O) groups excluding carboxylic acids is 1. The summed E-state index contributed by atoms with van der Waals surface area (Å²) in [4.78, 5) is 21.2. The molecule has 0 bridgehead atoms. The van der Waals surface area contributed by atoms with Crippen LogP contribution in [0.5, 0.6) is 0 Å². The lowest BCUT2D eigenvalue weighted by Gasteiger charge is -2.58. The smallest absolute Gasteiger partial charge is 0.231 e. The number of aromatic nitrogens is 1. The molecule has 4 heteroatoms. The zero-order valence-corrected chi connectivity index (χ0v) is 14.1. The number of amides is 1. The zero-order valence-electron chi connectivity index (χ0n) is 14.1. The molecule has 1 aromatic carbocycles. The van der Waals surface area contributed by atoms with Gasteiger partial charge in [0.25, 0.3) is 0 Å². The van der Waals surface area contributed by atoms with Crippen molar-refractivity contribution in [2.75, 3.05) is 20.1 Å². The summed E-state index contributed by atoms with van der Waals surface area (Å²) in [6.45, 7) is 2.86. The number of pyridine rings is 1. The van der Waals surface area contributed by atoms with Crippen molar-refractivity contribution in [3.8, 4) is 0 Å². The highest BCUT2D eigenvalue weighted by Gasteiger charge is 2.59. The fourth-order valence-electron chi connectivity index (χ4n) is 4.42. The lowest BCUT2D eigenvalue weighted by atomic mass is 9.62. The molecule has 0 N–H and O–H groups in total. The molecule has 4 nitrogen and oxygen atoms in total. The van der Waals surface area contributed by atoms with E-state index in [9.17, 15) is 4.79 Å². The van der Waals surface area contributed by atoms with E-state index in [1.807, 2.05) is 36.5 Å². The number of likely N-dealkylation sites (tertiary alicyclic amines) is 2. The van der Waals surface area contributed by atoms with Gasteiger partial charge in [0.15, 0.2) is 0 Å². The molecule has 2 fully saturated rings. The first-order valence-corrected chi connectivity index (χ1v) is 8.64. The molecule has 2 aliphatic heterocycles. The molecular weight excluding hydrogens is 298 g/mol. The van der Waals surface area contributed by atoms with Gasteiger partial charge in [-0.05, 0) is 43.1 Å². The largest absolute Gasteiger partial charge is 0.337 e. The maximum absolute atomic E-state index is 12.7. The van der Waals surface area contributed by atoms with E-state index in [-0.39, 0.29) is 11.5 Å². The van der Waals surface area contributed by atoms with Crippen molar-refractivity contribution < 1.29 is 4.79 Å². The highest BCUT2D eigenvalue weighted by atomic mass is 16.2. The number of hydrogen-bond acceptors (Lipinski definition) is 3. The lowest BCUT2D eigenvalue weighted by Crippen LogP contribution is -2.64. The van der Waals surface area contributed by atoms with Gasteiger partial charge < -0.3 is 4.90 Å². The van der Waals surface area contributed by atoms with Gasteiger partial charge in [0.05, 0.1) is 11.5 Å². The lowest BCUT2D eigenvalue weighted by molar-refractivity contribution is -0.176. The minimum absolute atomic E-state index is 0.193. The average molecular weight is 321 g/mol. The van der Waals surface area contributed by atoms with Crippen LogP contribution in [0.3, 0.4) is 0 Å². The van der Waals surface area contributed by atoms with Crippen LogP contribution in [-0.4, -0.2) is 40.8 Å². The molecule has 124 valence electrons. The molecule has 0 saturated carbocycles. The fourth-order valence-corrected chi connectivity index (χ4v) is 4.42. The Morgan fingerprint density at radius 1 is 1.12 bits per heavy atom. The van der Waals surface area contributed by atoms with Crippen molar-refractivity contribution >= 4 is 5.91 Å². The van der Waals surface area contributed by atoms with Crippen LogP contribution in [0.15, 0.2) is 54.9 Å². The molecule has 24 heavy (non-hydrogen) atoms. The van der Waals surface area contributed by atoms with E-state index in [0.717, 1.165) is 32.5 Å². The van der Waals surface area contributed by atoms with E-state index < -0.39 is 0 Å². The number of benzene rings is 1. The van der Waals surface area contributed by atoms with Gasteiger partial charge in [0.2, 0.25) is 5.91 Å². The molecule has 1 amide bonds. The number of rotatable bonds is 3. The van der Waals surface area contributed by atoms with Crippen molar-refractivity contribution in [2.45, 2.75) is 25.4 Å². The topological polar surface area (TPSA) is 36.4 Å². The third kappa shape index (κ3) is 2.42. The van der Waals surface area contributed by atoms with Gasteiger partial charge in [-0.15, -0.1) is 0 Å². The Morgan fingerprint density at radius 2 is 1.88 bits per heavy atom. The summed E-state index contributed by atoms with van der Waals surface area (Å²) in [6.07, 6.45) is 5.62. The van der Waals surface area contributed by atoms with Gasteiger partial charge in [0, 0.05) is 26.0 Å². The Labute approximate surface area is 143 Å². The number of carbonyl (C=O) groups is 1. The van der Waals surface area contributed by atoms with E-state index in [2.05, 4.69) is 40.2 Å². The van der Waals surface area contributed by atoms with Crippen molar-refractivity contribution in [2.24, 2.45) is 5.41 Å². The van der Waals surface area contributed by atoms with Gasteiger partial charge >= 0.3 is 0 Å². The minimum Gasteiger partial charge on any atom is -0.337 e. The predicted octanol–water partition coefficient (Wildman–Crippen LogP) is 2.88. The second-order valence-corrected chi connectivity index (χ2v) is 7.02. The first-order valence-electron chi connectivity index (χ1n) is 8.64. The Bertz CT molecular complexity index is 708. The van der Waals surface area contributed by atoms with Crippen LogP contribution < -0.4 is 0 Å². The Morgan fingerprint density at radius 3 is 2.54 bits per heavy atom. The maximum Gasteiger partial charge on any atom is 0.231 e. The van der Waals surface area contributed by atoms with E-state index in [0.29, 0.717) is 5.91 Å². The molecule has 0 unspecified atom stereocenters. The SMILES string of the molecule is CN1C(=O)C2(CCN(Cc3cccnc3)CC2)[C@H]1c1ccccc1. The van der Waals surface area contributed by atoms with Crippen molar-refractivity contribution in [3.05, 3.63) is 66.0 Å². The molecule has 0 aliphatic carbocycles.